The number of aromatic nitrogens is 5. The van der Waals surface area contributed by atoms with Crippen molar-refractivity contribution >= 4 is 11.5 Å². The van der Waals surface area contributed by atoms with E-state index in [-0.39, 0.29) is 6.04 Å². The van der Waals surface area contributed by atoms with E-state index in [1.54, 1.807) is 12.5 Å². The van der Waals surface area contributed by atoms with Crippen molar-refractivity contribution in [1.29, 1.82) is 0 Å². The summed E-state index contributed by atoms with van der Waals surface area (Å²) in [6.45, 7) is 1.98. The fourth-order valence-corrected chi connectivity index (χ4v) is 1.39. The van der Waals surface area contributed by atoms with Crippen LogP contribution in [0.4, 0.5) is 11.5 Å². The standard InChI is InChI=1S/C8H13N7/c1-5(8-14-11-4-15(8)2)12-6-3-10-13-7(6)9/h3-5,12H,1-2H3,(H3,9,10,13). The Balaban J connectivity index is 2.14. The number of aromatic amines is 1. The highest BCUT2D eigenvalue weighted by atomic mass is 15.3. The van der Waals surface area contributed by atoms with Gasteiger partial charge in [0.15, 0.2) is 5.82 Å². The zero-order valence-corrected chi connectivity index (χ0v) is 8.60. The Morgan fingerprint density at radius 1 is 1.60 bits per heavy atom. The van der Waals surface area contributed by atoms with E-state index in [0.29, 0.717) is 5.82 Å². The second kappa shape index (κ2) is 3.60. The van der Waals surface area contributed by atoms with E-state index < -0.39 is 0 Å². The number of rotatable bonds is 3. The molecule has 1 atom stereocenters. The molecule has 4 N–H and O–H groups in total. The molecule has 7 heteroatoms. The van der Waals surface area contributed by atoms with Gasteiger partial charge in [-0.25, -0.2) is 0 Å². The summed E-state index contributed by atoms with van der Waals surface area (Å²) < 4.78 is 1.86. The van der Waals surface area contributed by atoms with Gasteiger partial charge in [-0.1, -0.05) is 0 Å². The zero-order valence-electron chi connectivity index (χ0n) is 8.60. The third kappa shape index (κ3) is 1.76. The van der Waals surface area contributed by atoms with Gasteiger partial charge >= 0.3 is 0 Å². The summed E-state index contributed by atoms with van der Waals surface area (Å²) in [4.78, 5) is 0. The van der Waals surface area contributed by atoms with Crippen molar-refractivity contribution < 1.29 is 0 Å². The zero-order chi connectivity index (χ0) is 10.8. The fraction of sp³-hybridized carbons (Fsp3) is 0.375. The van der Waals surface area contributed by atoms with Crippen LogP contribution < -0.4 is 11.1 Å². The van der Waals surface area contributed by atoms with Crippen LogP contribution in [0.15, 0.2) is 12.5 Å². The summed E-state index contributed by atoms with van der Waals surface area (Å²) in [5.41, 5.74) is 6.43. The van der Waals surface area contributed by atoms with Gasteiger partial charge in [-0.3, -0.25) is 5.10 Å². The Bertz CT molecular complexity index is 443. The van der Waals surface area contributed by atoms with Gasteiger partial charge in [0.1, 0.15) is 12.1 Å². The van der Waals surface area contributed by atoms with Crippen LogP contribution in [0.3, 0.4) is 0 Å². The molecule has 0 aliphatic heterocycles. The number of hydrogen-bond donors (Lipinski definition) is 3. The van der Waals surface area contributed by atoms with Crippen LogP contribution in [0.2, 0.25) is 0 Å². The maximum Gasteiger partial charge on any atom is 0.154 e. The molecule has 0 amide bonds. The number of aryl methyl sites for hydroxylation is 1. The molecule has 2 aromatic rings. The second-order valence-corrected chi connectivity index (χ2v) is 3.36. The number of nitrogens with zero attached hydrogens (tertiary/aromatic N) is 4. The average molecular weight is 207 g/mol. The first-order valence-electron chi connectivity index (χ1n) is 4.57. The van der Waals surface area contributed by atoms with Crippen LogP contribution in [-0.4, -0.2) is 25.0 Å². The normalized spacial score (nSPS) is 12.7. The average Bonchev–Trinajstić information content (AvgIpc) is 2.76. The molecule has 0 saturated carbocycles. The van der Waals surface area contributed by atoms with Crippen LogP contribution in [0.1, 0.15) is 18.8 Å². The lowest BCUT2D eigenvalue weighted by molar-refractivity contribution is 0.720. The van der Waals surface area contributed by atoms with E-state index in [9.17, 15) is 0 Å². The van der Waals surface area contributed by atoms with Crippen LogP contribution in [0, 0.1) is 0 Å². The van der Waals surface area contributed by atoms with Crippen molar-refractivity contribution in [1.82, 2.24) is 25.0 Å². The lowest BCUT2D eigenvalue weighted by Crippen LogP contribution is -2.12. The molecule has 15 heavy (non-hydrogen) atoms. The van der Waals surface area contributed by atoms with Crippen molar-refractivity contribution in [2.45, 2.75) is 13.0 Å². The molecule has 0 bridgehead atoms. The van der Waals surface area contributed by atoms with E-state index >= 15 is 0 Å². The molecule has 0 spiro atoms. The van der Waals surface area contributed by atoms with E-state index in [1.165, 1.54) is 0 Å². The summed E-state index contributed by atoms with van der Waals surface area (Å²) in [7, 11) is 1.90. The molecule has 0 radical (unpaired) electrons. The summed E-state index contributed by atoms with van der Waals surface area (Å²) >= 11 is 0. The molecule has 0 saturated heterocycles. The number of nitrogens with one attached hydrogen (secondary N) is 2. The van der Waals surface area contributed by atoms with Crippen LogP contribution in [-0.2, 0) is 7.05 Å². The topological polar surface area (TPSA) is 97.4 Å². The molecular weight excluding hydrogens is 194 g/mol. The number of anilines is 2. The van der Waals surface area contributed by atoms with Crippen molar-refractivity contribution in [3.05, 3.63) is 18.3 Å². The van der Waals surface area contributed by atoms with Crippen LogP contribution in [0.25, 0.3) is 0 Å². The van der Waals surface area contributed by atoms with Gasteiger partial charge in [-0.15, -0.1) is 10.2 Å². The molecular formula is C8H13N7. The summed E-state index contributed by atoms with van der Waals surface area (Å²) in [5, 5.41) is 17.5. The Kier molecular flexibility index (Phi) is 2.28. The fourth-order valence-electron chi connectivity index (χ4n) is 1.39. The maximum atomic E-state index is 5.66. The minimum absolute atomic E-state index is 0.0254. The van der Waals surface area contributed by atoms with Crippen LogP contribution in [0.5, 0.6) is 0 Å². The monoisotopic (exact) mass is 207 g/mol. The Labute approximate surface area is 86.7 Å². The van der Waals surface area contributed by atoms with Gasteiger partial charge in [-0.05, 0) is 6.92 Å². The van der Waals surface area contributed by atoms with Gasteiger partial charge in [0.25, 0.3) is 0 Å². The largest absolute Gasteiger partial charge is 0.382 e. The highest BCUT2D eigenvalue weighted by Crippen LogP contribution is 2.20. The molecule has 7 nitrogen and oxygen atoms in total. The summed E-state index contributed by atoms with van der Waals surface area (Å²) in [6.07, 6.45) is 3.30. The molecule has 0 aliphatic carbocycles. The van der Waals surface area contributed by atoms with E-state index in [1.807, 2.05) is 18.5 Å². The number of nitrogens with two attached hydrogens (primary N) is 1. The first-order chi connectivity index (χ1) is 7.18. The third-order valence-electron chi connectivity index (χ3n) is 2.17. The Hall–Kier alpha value is -2.05. The molecule has 80 valence electrons. The lowest BCUT2D eigenvalue weighted by atomic mass is 10.3. The summed E-state index contributed by atoms with van der Waals surface area (Å²) in [6, 6.07) is 0.0254. The predicted octanol–water partition coefficient (Wildman–Crippen LogP) is 0.293. The van der Waals surface area contributed by atoms with Crippen molar-refractivity contribution in [2.75, 3.05) is 11.1 Å². The molecule has 2 rings (SSSR count). The molecule has 0 fully saturated rings. The summed E-state index contributed by atoms with van der Waals surface area (Å²) in [5.74, 6) is 1.36. The van der Waals surface area contributed by atoms with E-state index in [2.05, 4.69) is 25.7 Å². The highest BCUT2D eigenvalue weighted by Gasteiger charge is 2.12. The van der Waals surface area contributed by atoms with E-state index in [4.69, 9.17) is 5.73 Å². The van der Waals surface area contributed by atoms with Gasteiger partial charge in [0.2, 0.25) is 0 Å². The highest BCUT2D eigenvalue weighted by molar-refractivity contribution is 5.60. The van der Waals surface area contributed by atoms with E-state index in [0.717, 1.165) is 11.5 Å². The van der Waals surface area contributed by atoms with Gasteiger partial charge < -0.3 is 15.6 Å². The smallest absolute Gasteiger partial charge is 0.154 e. The Morgan fingerprint density at radius 2 is 2.40 bits per heavy atom. The second-order valence-electron chi connectivity index (χ2n) is 3.36. The van der Waals surface area contributed by atoms with Gasteiger partial charge in [0, 0.05) is 7.05 Å². The number of H-pyrrole nitrogens is 1. The minimum atomic E-state index is 0.0254. The van der Waals surface area contributed by atoms with Crippen LogP contribution >= 0.6 is 0 Å². The molecule has 2 heterocycles. The van der Waals surface area contributed by atoms with Crippen molar-refractivity contribution in [2.24, 2.45) is 7.05 Å². The molecule has 0 aromatic carbocycles. The first kappa shape index (κ1) is 9.50. The van der Waals surface area contributed by atoms with Crippen molar-refractivity contribution in [3.63, 3.8) is 0 Å². The third-order valence-corrected chi connectivity index (χ3v) is 2.17. The predicted molar refractivity (Wildman–Crippen MR) is 56.0 cm³/mol. The number of nitrogen functional groups attached to an aromatic ring is 1. The SMILES string of the molecule is CC(Nc1cn[nH]c1N)c1nncn1C. The van der Waals surface area contributed by atoms with Gasteiger partial charge in [0.05, 0.1) is 17.9 Å². The molecule has 2 aromatic heterocycles. The Morgan fingerprint density at radius 3 is 2.93 bits per heavy atom. The first-order valence-corrected chi connectivity index (χ1v) is 4.57. The maximum absolute atomic E-state index is 5.66. The quantitative estimate of drug-likeness (QED) is 0.672. The van der Waals surface area contributed by atoms with Crippen molar-refractivity contribution in [3.8, 4) is 0 Å². The minimum Gasteiger partial charge on any atom is -0.382 e. The van der Waals surface area contributed by atoms with Gasteiger partial charge in [-0.2, -0.15) is 5.10 Å². The molecule has 1 unspecified atom stereocenters. The lowest BCUT2D eigenvalue weighted by Gasteiger charge is -2.12. The molecule has 0 aliphatic rings. The number of hydrogen-bond acceptors (Lipinski definition) is 5.